The molecule has 6 unspecified atom stereocenters. The first-order valence-electron chi connectivity index (χ1n) is 20.4. The predicted molar refractivity (Wildman–Crippen MR) is 218 cm³/mol. The highest BCUT2D eigenvalue weighted by molar-refractivity contribution is 5.93. The number of benzene rings is 4. The van der Waals surface area contributed by atoms with Gasteiger partial charge in [-0.3, -0.25) is 5.32 Å². The van der Waals surface area contributed by atoms with Crippen LogP contribution in [0.2, 0.25) is 0 Å². The zero-order chi connectivity index (χ0) is 40.0. The van der Waals surface area contributed by atoms with Crippen molar-refractivity contribution in [2.75, 3.05) is 52.6 Å². The Morgan fingerprint density at radius 1 is 0.930 bits per heavy atom. The minimum absolute atomic E-state index is 0.0635. The maximum atomic E-state index is 12.3. The minimum Gasteiger partial charge on any atom is -0.502 e. The molecular weight excluding hydrogens is 725 g/mol. The lowest BCUT2D eigenvalue weighted by atomic mass is 9.63. The van der Waals surface area contributed by atoms with Crippen LogP contribution in [-0.4, -0.2) is 67.7 Å². The summed E-state index contributed by atoms with van der Waals surface area (Å²) in [6, 6.07) is 15.8. The molecule has 0 aromatic heterocycles. The van der Waals surface area contributed by atoms with Gasteiger partial charge in [0.2, 0.25) is 5.75 Å². The fraction of sp³-hybridized carbons (Fsp3) is 0.478. The summed E-state index contributed by atoms with van der Waals surface area (Å²) in [5.74, 6) is 1.46. The van der Waals surface area contributed by atoms with Crippen LogP contribution in [0.15, 0.2) is 48.5 Å². The van der Waals surface area contributed by atoms with Gasteiger partial charge in [0.05, 0.1) is 39.1 Å². The van der Waals surface area contributed by atoms with Crippen molar-refractivity contribution in [3.05, 3.63) is 87.5 Å². The Bertz CT molecular complexity index is 2140. The first kappa shape index (κ1) is 39.2. The molecule has 0 spiro atoms. The van der Waals surface area contributed by atoms with Crippen molar-refractivity contribution in [2.45, 2.75) is 88.9 Å². The third-order valence-corrected chi connectivity index (χ3v) is 13.0. The van der Waals surface area contributed by atoms with Gasteiger partial charge in [-0.25, -0.2) is 0 Å². The number of aromatic hydroxyl groups is 1. The Labute approximate surface area is 334 Å². The predicted octanol–water partition coefficient (Wildman–Crippen LogP) is 7.37. The quantitative estimate of drug-likeness (QED) is 0.0563. The number of ether oxygens (including phenoxy) is 5. The summed E-state index contributed by atoms with van der Waals surface area (Å²) in [5, 5.41) is 52.3. The molecule has 4 aromatic carbocycles. The lowest BCUT2D eigenvalue weighted by Gasteiger charge is -2.42. The molecule has 6 N–H and O–H groups in total. The van der Waals surface area contributed by atoms with E-state index in [9.17, 15) is 20.4 Å². The van der Waals surface area contributed by atoms with E-state index in [-0.39, 0.29) is 61.1 Å². The summed E-state index contributed by atoms with van der Waals surface area (Å²) in [4.78, 5) is 0. The minimum atomic E-state index is -1.03. The Morgan fingerprint density at radius 2 is 1.70 bits per heavy atom. The highest BCUT2D eigenvalue weighted by Crippen LogP contribution is 2.57. The molecule has 11 nitrogen and oxygen atoms in total. The highest BCUT2D eigenvalue weighted by atomic mass is 16.5. The van der Waals surface area contributed by atoms with E-state index in [1.807, 2.05) is 19.1 Å². The summed E-state index contributed by atoms with van der Waals surface area (Å²) in [6.45, 7) is 7.86. The third kappa shape index (κ3) is 6.72. The van der Waals surface area contributed by atoms with Gasteiger partial charge in [0.25, 0.3) is 0 Å². The molecule has 4 aromatic rings. The van der Waals surface area contributed by atoms with Crippen LogP contribution < -0.4 is 34.3 Å². The van der Waals surface area contributed by atoms with E-state index in [0.29, 0.717) is 46.8 Å². The Morgan fingerprint density at radius 3 is 2.46 bits per heavy atom. The van der Waals surface area contributed by atoms with Crippen molar-refractivity contribution in [2.24, 2.45) is 5.92 Å². The summed E-state index contributed by atoms with van der Waals surface area (Å²) >= 11 is 0. The molecular formula is C46H56N2O9. The van der Waals surface area contributed by atoms with Crippen molar-refractivity contribution < 1.29 is 44.1 Å². The van der Waals surface area contributed by atoms with Crippen molar-refractivity contribution in [1.29, 1.82) is 0 Å². The molecule has 11 heteroatoms. The lowest BCUT2D eigenvalue weighted by molar-refractivity contribution is 0.0875. The zero-order valence-electron chi connectivity index (χ0n) is 33.6. The largest absolute Gasteiger partial charge is 0.502 e. The van der Waals surface area contributed by atoms with Gasteiger partial charge >= 0.3 is 0 Å². The first-order valence-corrected chi connectivity index (χ1v) is 20.4. The molecule has 0 amide bonds. The highest BCUT2D eigenvalue weighted by Gasteiger charge is 2.42. The Kier molecular flexibility index (Phi) is 10.9. The normalized spacial score (nSPS) is 23.2. The van der Waals surface area contributed by atoms with E-state index in [1.54, 1.807) is 19.2 Å². The first-order chi connectivity index (χ1) is 27.7. The molecule has 0 saturated carbocycles. The molecule has 2 heterocycles. The number of phenols is 1. The second-order valence-electron chi connectivity index (χ2n) is 16.2. The van der Waals surface area contributed by atoms with E-state index in [2.05, 4.69) is 48.7 Å². The standard InChI is InChI=1S/C46H56N2O9/c1-6-15-46(3)16-14-27(28-10-8-9-11-32(28)46)26(21-49)22-55-38-18-25(17-37(54-5)44(38)51)31-23-56-35-19-33-39-30(40(35)43(31)50)13-12-29-34(53-4)20-36(57-24-47-7-2)42(41(29)39)45(52)48-33/h8-11,17-20,26-27,31,43,45,47-52H,6-7,12-16,21-24H2,1-5H3. The SMILES string of the molecule is CCCC1(C)CCC(C(CO)COc2cc(C3COc4cc5c6c(c4C3O)CCc3c(OC)cc(OCNCC)c(c3-6)C(O)N5)cc(OC)c2O)c2ccccc21. The number of rotatable bonds is 14. The van der Waals surface area contributed by atoms with Gasteiger partial charge < -0.3 is 49.4 Å². The van der Waals surface area contributed by atoms with Gasteiger partial charge in [-0.1, -0.05) is 51.5 Å². The molecule has 6 atom stereocenters. The number of aliphatic hydroxyl groups excluding tert-OH is 3. The molecule has 2 aliphatic heterocycles. The van der Waals surface area contributed by atoms with E-state index in [1.165, 1.54) is 18.2 Å². The fourth-order valence-electron chi connectivity index (χ4n) is 10.1. The van der Waals surface area contributed by atoms with Crippen molar-refractivity contribution in [3.63, 3.8) is 0 Å². The second kappa shape index (κ2) is 15.9. The number of hydrogen-bond acceptors (Lipinski definition) is 11. The van der Waals surface area contributed by atoms with Crippen molar-refractivity contribution in [3.8, 4) is 45.6 Å². The fourth-order valence-corrected chi connectivity index (χ4v) is 10.1. The number of fused-ring (bicyclic) bond motifs is 3. The summed E-state index contributed by atoms with van der Waals surface area (Å²) in [6.07, 6.45) is 3.44. The van der Waals surface area contributed by atoms with Crippen LogP contribution in [-0.2, 0) is 18.3 Å². The average Bonchev–Trinajstić information content (AvgIpc) is 3.21. The number of nitrogens with one attached hydrogen (secondary N) is 2. The van der Waals surface area contributed by atoms with Crippen LogP contribution in [0.3, 0.4) is 0 Å². The number of hydrogen-bond donors (Lipinski definition) is 6. The van der Waals surface area contributed by atoms with Crippen LogP contribution in [0.5, 0.6) is 34.5 Å². The Balaban J connectivity index is 1.11. The second-order valence-corrected chi connectivity index (χ2v) is 16.2. The maximum absolute atomic E-state index is 12.3. The zero-order valence-corrected chi connectivity index (χ0v) is 33.6. The molecule has 0 bridgehead atoms. The number of anilines is 1. The third-order valence-electron chi connectivity index (χ3n) is 13.0. The van der Waals surface area contributed by atoms with Crippen LogP contribution >= 0.6 is 0 Å². The van der Waals surface area contributed by atoms with Gasteiger partial charge in [0.1, 0.15) is 24.0 Å². The van der Waals surface area contributed by atoms with E-state index in [0.717, 1.165) is 60.2 Å². The number of phenolic OH excluding ortho intramolecular Hbond substituents is 1. The number of aliphatic hydroxyl groups is 3. The van der Waals surface area contributed by atoms with E-state index >= 15 is 0 Å². The molecule has 8 rings (SSSR count). The van der Waals surface area contributed by atoms with Crippen molar-refractivity contribution in [1.82, 2.24) is 5.32 Å². The molecule has 4 aliphatic rings. The van der Waals surface area contributed by atoms with Crippen LogP contribution in [0, 0.1) is 5.92 Å². The summed E-state index contributed by atoms with van der Waals surface area (Å²) < 4.78 is 30.5. The molecule has 0 saturated heterocycles. The van der Waals surface area contributed by atoms with Crippen LogP contribution in [0.4, 0.5) is 5.69 Å². The van der Waals surface area contributed by atoms with Crippen LogP contribution in [0.1, 0.15) is 110 Å². The molecule has 2 aliphatic carbocycles. The van der Waals surface area contributed by atoms with Gasteiger partial charge in [0.15, 0.2) is 17.7 Å². The molecule has 0 fully saturated rings. The number of methoxy groups -OCH3 is 2. The summed E-state index contributed by atoms with van der Waals surface area (Å²) in [7, 11) is 3.13. The molecule has 0 radical (unpaired) electrons. The van der Waals surface area contributed by atoms with Crippen molar-refractivity contribution >= 4 is 5.69 Å². The smallest absolute Gasteiger partial charge is 0.200 e. The van der Waals surface area contributed by atoms with Gasteiger partial charge in [-0.05, 0) is 84.4 Å². The van der Waals surface area contributed by atoms with Gasteiger partial charge in [0, 0.05) is 58.5 Å². The van der Waals surface area contributed by atoms with Gasteiger partial charge in [-0.2, -0.15) is 0 Å². The Hall–Kier alpha value is -4.68. The lowest BCUT2D eigenvalue weighted by Crippen LogP contribution is -2.34. The topological polar surface area (TPSA) is 151 Å². The van der Waals surface area contributed by atoms with E-state index < -0.39 is 18.2 Å². The monoisotopic (exact) mass is 780 g/mol. The molecule has 304 valence electrons. The maximum Gasteiger partial charge on any atom is 0.200 e. The average molecular weight is 781 g/mol. The van der Waals surface area contributed by atoms with Crippen LogP contribution in [0.25, 0.3) is 11.1 Å². The van der Waals surface area contributed by atoms with Gasteiger partial charge in [-0.15, -0.1) is 0 Å². The molecule has 57 heavy (non-hydrogen) atoms. The van der Waals surface area contributed by atoms with E-state index in [4.69, 9.17) is 23.7 Å². The summed E-state index contributed by atoms with van der Waals surface area (Å²) in [5.41, 5.74) is 9.13.